The quantitative estimate of drug-likeness (QED) is 0.0820. The molecule has 16 N–H and O–H groups in total. The molecule has 2 aliphatic heterocycles. The van der Waals surface area contributed by atoms with Crippen molar-refractivity contribution in [1.82, 2.24) is 47.9 Å². The van der Waals surface area contributed by atoms with Gasteiger partial charge in [-0.1, -0.05) is 13.8 Å². The number of carbonyl (C=O) groups is 8. The van der Waals surface area contributed by atoms with Crippen LogP contribution in [0.4, 0.5) is 0 Å². The first-order chi connectivity index (χ1) is 26.1. The van der Waals surface area contributed by atoms with Gasteiger partial charge in [-0.15, -0.1) is 0 Å². The van der Waals surface area contributed by atoms with Gasteiger partial charge in [0.1, 0.15) is 36.0 Å². The second kappa shape index (κ2) is 23.6. The number of rotatable bonds is 12. The highest BCUT2D eigenvalue weighted by Gasteiger charge is 2.37. The van der Waals surface area contributed by atoms with Crippen molar-refractivity contribution in [1.29, 1.82) is 0 Å². The van der Waals surface area contributed by atoms with E-state index in [1.165, 1.54) is 6.92 Å². The highest BCUT2D eigenvalue weighted by atomic mass is 16.3. The van der Waals surface area contributed by atoms with Crippen LogP contribution >= 0.6 is 0 Å². The normalized spacial score (nSPS) is 29.2. The number of aldehydes is 1. The first-order valence-corrected chi connectivity index (χ1v) is 18.9. The molecule has 21 heteroatoms. The van der Waals surface area contributed by atoms with Gasteiger partial charge in [0.15, 0.2) is 0 Å². The Bertz CT molecular complexity index is 1330. The summed E-state index contributed by atoms with van der Waals surface area (Å²) in [5.41, 5.74) is 15.7. The zero-order valence-electron chi connectivity index (χ0n) is 32.0. The van der Waals surface area contributed by atoms with Gasteiger partial charge in [0.25, 0.3) is 0 Å². The van der Waals surface area contributed by atoms with E-state index in [0.717, 1.165) is 6.42 Å². The van der Waals surface area contributed by atoms with Crippen LogP contribution in [-0.4, -0.2) is 146 Å². The Hall–Kier alpha value is -4.28. The number of hydrogen-bond donors (Lipinski definition) is 13. The summed E-state index contributed by atoms with van der Waals surface area (Å²) >= 11 is 0. The molecule has 0 aromatic heterocycles. The predicted octanol–water partition coefficient (Wildman–Crippen LogP) is -6.20. The largest absolute Gasteiger partial charge is 0.391 e. The van der Waals surface area contributed by atoms with Crippen LogP contribution in [0, 0.1) is 5.92 Å². The number of amides is 7. The summed E-state index contributed by atoms with van der Waals surface area (Å²) in [6.45, 7) is 4.37. The summed E-state index contributed by atoms with van der Waals surface area (Å²) in [5, 5.41) is 34.5. The van der Waals surface area contributed by atoms with Crippen LogP contribution in [0.3, 0.4) is 0 Å². The highest BCUT2D eigenvalue weighted by Crippen LogP contribution is 2.12. The summed E-state index contributed by atoms with van der Waals surface area (Å²) < 4.78 is 0. The molecule has 312 valence electrons. The predicted molar refractivity (Wildman–Crippen MR) is 200 cm³/mol. The van der Waals surface area contributed by atoms with Gasteiger partial charge in [-0.2, -0.15) is 0 Å². The summed E-state index contributed by atoms with van der Waals surface area (Å²) in [6.07, 6.45) is 0.303. The van der Waals surface area contributed by atoms with E-state index in [-0.39, 0.29) is 70.7 Å². The molecule has 0 radical (unpaired) electrons. The van der Waals surface area contributed by atoms with Gasteiger partial charge in [0.2, 0.25) is 41.4 Å². The van der Waals surface area contributed by atoms with E-state index in [2.05, 4.69) is 47.9 Å². The van der Waals surface area contributed by atoms with Crippen molar-refractivity contribution in [2.45, 2.75) is 114 Å². The average Bonchev–Trinajstić information content (AvgIpc) is 3.68. The molecule has 0 bridgehead atoms. The number of aliphatic hydroxyl groups is 1. The first kappa shape index (κ1) is 46.9. The molecule has 2 heterocycles. The van der Waals surface area contributed by atoms with E-state index in [9.17, 15) is 43.5 Å². The summed E-state index contributed by atoms with van der Waals surface area (Å²) in [6, 6.07) is -6.76. The monoisotopic (exact) mass is 782 g/mol. The zero-order valence-corrected chi connectivity index (χ0v) is 32.0. The molecule has 8 atom stereocenters. The molecule has 55 heavy (non-hydrogen) atoms. The molecular weight excluding hydrogens is 720 g/mol. The fourth-order valence-electron chi connectivity index (χ4n) is 6.22. The Labute approximate surface area is 321 Å². The molecule has 0 aromatic carbocycles. The van der Waals surface area contributed by atoms with Crippen LogP contribution in [0.1, 0.15) is 65.7 Å². The van der Waals surface area contributed by atoms with Crippen molar-refractivity contribution in [3.05, 3.63) is 0 Å². The molecule has 0 saturated carbocycles. The van der Waals surface area contributed by atoms with Gasteiger partial charge >= 0.3 is 0 Å². The third-order valence-corrected chi connectivity index (χ3v) is 9.30. The van der Waals surface area contributed by atoms with Crippen LogP contribution in [0.2, 0.25) is 0 Å². The minimum Gasteiger partial charge on any atom is -0.391 e. The van der Waals surface area contributed by atoms with E-state index in [1.807, 2.05) is 13.8 Å². The Morgan fingerprint density at radius 2 is 1.51 bits per heavy atom. The summed E-state index contributed by atoms with van der Waals surface area (Å²) in [7, 11) is 0. The van der Waals surface area contributed by atoms with E-state index in [4.69, 9.17) is 17.2 Å². The average molecular weight is 783 g/mol. The van der Waals surface area contributed by atoms with Crippen molar-refractivity contribution in [2.75, 3.05) is 45.8 Å². The number of hydrogen-bond acceptors (Lipinski definition) is 14. The van der Waals surface area contributed by atoms with Crippen molar-refractivity contribution < 1.29 is 43.5 Å². The van der Waals surface area contributed by atoms with Gasteiger partial charge in [0.05, 0.1) is 24.7 Å². The van der Waals surface area contributed by atoms with E-state index in [1.54, 1.807) is 0 Å². The lowest BCUT2D eigenvalue weighted by molar-refractivity contribution is -0.134. The molecule has 21 nitrogen and oxygen atoms in total. The van der Waals surface area contributed by atoms with Gasteiger partial charge in [-0.25, -0.2) is 0 Å². The van der Waals surface area contributed by atoms with Gasteiger partial charge in [-0.05, 0) is 84.0 Å². The minimum atomic E-state index is -1.64. The lowest BCUT2D eigenvalue weighted by Gasteiger charge is -2.33. The standard InChI is InChI=1S/C34H62N12O9/c1-19(2)15-25-32(54)46-34(18-47,9-12-37)17-41-22(6-10-35)30(52)45-27(20(3)48)33(55)39-14-8-24(44-29(51)21-5-4-13-38-21)31(53)43-23(7-11-36)28(50)40-16-26(49)42-25/h18-25,27,38,41,48H,4-17,35-37H2,1-3H3,(H,39,55)(H,40,50)(H,42,49)(H,43,53)(H,44,51)(H,45,52)(H,46,54)/t20-,21+,22+,23+,24+,25+,27+,34-/m1/s1. The molecule has 2 rings (SSSR count). The summed E-state index contributed by atoms with van der Waals surface area (Å²) in [5.74, 6) is -5.11. The second-order valence-corrected chi connectivity index (χ2v) is 14.4. The van der Waals surface area contributed by atoms with Gasteiger partial charge in [0, 0.05) is 13.1 Å². The molecular formula is C34H62N12O9. The molecule has 2 fully saturated rings. The Balaban J connectivity index is 2.51. The third kappa shape index (κ3) is 15.4. The maximum atomic E-state index is 13.7. The van der Waals surface area contributed by atoms with Crippen LogP contribution in [0.15, 0.2) is 0 Å². The lowest BCUT2D eigenvalue weighted by atomic mass is 9.94. The van der Waals surface area contributed by atoms with E-state index in [0.29, 0.717) is 19.3 Å². The fourth-order valence-corrected chi connectivity index (χ4v) is 6.22. The second-order valence-electron chi connectivity index (χ2n) is 14.4. The number of carbonyl (C=O) groups excluding carboxylic acids is 8. The van der Waals surface area contributed by atoms with Crippen LogP contribution in [0.25, 0.3) is 0 Å². The molecule has 2 saturated heterocycles. The molecule has 0 aromatic rings. The van der Waals surface area contributed by atoms with Crippen LogP contribution in [0.5, 0.6) is 0 Å². The minimum absolute atomic E-state index is 0.00465. The molecule has 0 unspecified atom stereocenters. The van der Waals surface area contributed by atoms with Crippen molar-refractivity contribution >= 4 is 47.6 Å². The number of nitrogens with one attached hydrogen (secondary N) is 9. The third-order valence-electron chi connectivity index (χ3n) is 9.30. The van der Waals surface area contributed by atoms with E-state index >= 15 is 0 Å². The molecule has 0 spiro atoms. The lowest BCUT2D eigenvalue weighted by Crippen LogP contribution is -2.64. The molecule has 0 aliphatic carbocycles. The maximum Gasteiger partial charge on any atom is 0.245 e. The SMILES string of the molecule is CC(C)C[C@@H]1NC(=O)CNC(=O)[C@H](CCN)NC(=O)[C@@H](NC(=O)[C@@H]2CCCN2)CCNC(=O)[C@H]([C@@H](C)O)NC(=O)[C@H](CCN)NC[C@@](C=O)(CCN)NC1=O. The number of aliphatic hydroxyl groups excluding tert-OH is 1. The van der Waals surface area contributed by atoms with Crippen LogP contribution in [-0.2, 0) is 38.4 Å². The Morgan fingerprint density at radius 3 is 2.09 bits per heavy atom. The smallest absolute Gasteiger partial charge is 0.245 e. The Kier molecular flexibility index (Phi) is 20.1. The maximum absolute atomic E-state index is 13.7. The topological polar surface area (TPSA) is 343 Å². The zero-order chi connectivity index (χ0) is 41.1. The van der Waals surface area contributed by atoms with Crippen molar-refractivity contribution in [3.63, 3.8) is 0 Å². The van der Waals surface area contributed by atoms with E-state index < -0.39 is 95.8 Å². The van der Waals surface area contributed by atoms with Gasteiger partial charge < -0.3 is 75.0 Å². The van der Waals surface area contributed by atoms with Crippen molar-refractivity contribution in [3.8, 4) is 0 Å². The number of nitrogens with two attached hydrogens (primary N) is 3. The van der Waals surface area contributed by atoms with Gasteiger partial charge in [-0.3, -0.25) is 33.6 Å². The first-order valence-electron chi connectivity index (χ1n) is 18.9. The summed E-state index contributed by atoms with van der Waals surface area (Å²) in [4.78, 5) is 106. The Morgan fingerprint density at radius 1 is 0.818 bits per heavy atom. The molecule has 2 aliphatic rings. The fraction of sp³-hybridized carbons (Fsp3) is 0.765. The van der Waals surface area contributed by atoms with Crippen LogP contribution < -0.4 is 65.1 Å². The molecule has 7 amide bonds. The van der Waals surface area contributed by atoms with Crippen molar-refractivity contribution in [2.24, 2.45) is 23.1 Å². The highest BCUT2D eigenvalue weighted by molar-refractivity contribution is 5.95.